The molecule has 1 aromatic carbocycles. The number of morpholine rings is 1. The third kappa shape index (κ3) is 3.75. The van der Waals surface area contributed by atoms with E-state index < -0.39 is 6.10 Å². The first-order valence-electron chi connectivity index (χ1n) is 8.60. The summed E-state index contributed by atoms with van der Waals surface area (Å²) < 4.78 is 10.9. The number of carbonyl (C=O) groups is 1. The highest BCUT2D eigenvalue weighted by Crippen LogP contribution is 2.30. The van der Waals surface area contributed by atoms with E-state index in [2.05, 4.69) is 5.16 Å². The maximum atomic E-state index is 12.9. The summed E-state index contributed by atoms with van der Waals surface area (Å²) in [5.41, 5.74) is 2.81. The lowest BCUT2D eigenvalue weighted by atomic mass is 9.97. The molecule has 2 atom stereocenters. The van der Waals surface area contributed by atoms with Crippen LogP contribution >= 0.6 is 0 Å². The van der Waals surface area contributed by atoms with Crippen molar-refractivity contribution in [1.29, 1.82) is 0 Å². The van der Waals surface area contributed by atoms with Gasteiger partial charge in [0.25, 0.3) is 0 Å². The van der Waals surface area contributed by atoms with E-state index in [4.69, 9.17) is 9.26 Å². The van der Waals surface area contributed by atoms with Gasteiger partial charge in [-0.1, -0.05) is 35.5 Å². The zero-order valence-electron chi connectivity index (χ0n) is 14.6. The molecule has 25 heavy (non-hydrogen) atoms. The standard InChI is InChI=1S/C19H24N2O4/c1-13-16(14(2)25-20-13)8-9-18(23)21-10-11-24-17(12-22)19(21)15-6-4-3-5-7-15/h3-7,17,19,22H,8-12H2,1-2H3/t17-,19-/m1/s1. The van der Waals surface area contributed by atoms with Crippen LogP contribution in [-0.2, 0) is 16.0 Å². The van der Waals surface area contributed by atoms with E-state index in [0.717, 1.165) is 22.6 Å². The van der Waals surface area contributed by atoms with Gasteiger partial charge in [-0.3, -0.25) is 4.79 Å². The molecule has 3 rings (SSSR count). The Bertz CT molecular complexity index is 694. The number of nitrogens with zero attached hydrogens (tertiary/aromatic N) is 2. The predicted molar refractivity (Wildman–Crippen MR) is 92.0 cm³/mol. The van der Waals surface area contributed by atoms with Crippen LogP contribution < -0.4 is 0 Å². The molecular weight excluding hydrogens is 320 g/mol. The van der Waals surface area contributed by atoms with Gasteiger partial charge in [0.05, 0.1) is 24.9 Å². The molecule has 1 fully saturated rings. The fraction of sp³-hybridized carbons (Fsp3) is 0.474. The van der Waals surface area contributed by atoms with Crippen LogP contribution in [0.25, 0.3) is 0 Å². The Kier molecular flexibility index (Phi) is 5.50. The van der Waals surface area contributed by atoms with E-state index in [1.807, 2.05) is 49.1 Å². The molecule has 6 nitrogen and oxygen atoms in total. The summed E-state index contributed by atoms with van der Waals surface area (Å²) in [5, 5.41) is 13.6. The van der Waals surface area contributed by atoms with E-state index >= 15 is 0 Å². The van der Waals surface area contributed by atoms with Crippen molar-refractivity contribution in [3.05, 3.63) is 52.9 Å². The highest BCUT2D eigenvalue weighted by molar-refractivity contribution is 5.77. The van der Waals surface area contributed by atoms with Crippen molar-refractivity contribution >= 4 is 5.91 Å². The quantitative estimate of drug-likeness (QED) is 0.900. The normalized spacial score (nSPS) is 20.7. The average Bonchev–Trinajstić information content (AvgIpc) is 2.97. The lowest BCUT2D eigenvalue weighted by Gasteiger charge is -2.41. The first-order valence-corrected chi connectivity index (χ1v) is 8.60. The molecule has 2 heterocycles. The van der Waals surface area contributed by atoms with E-state index in [0.29, 0.717) is 26.0 Å². The van der Waals surface area contributed by atoms with Crippen molar-refractivity contribution < 1.29 is 19.2 Å². The SMILES string of the molecule is Cc1noc(C)c1CCC(=O)N1CCO[C@H](CO)[C@H]1c1ccccc1. The first kappa shape index (κ1) is 17.6. The van der Waals surface area contributed by atoms with Crippen LogP contribution in [0.5, 0.6) is 0 Å². The number of carbonyl (C=O) groups excluding carboxylic acids is 1. The van der Waals surface area contributed by atoms with Crippen LogP contribution in [0, 0.1) is 13.8 Å². The van der Waals surface area contributed by atoms with E-state index in [9.17, 15) is 9.90 Å². The maximum absolute atomic E-state index is 12.9. The summed E-state index contributed by atoms with van der Waals surface area (Å²) in [7, 11) is 0. The van der Waals surface area contributed by atoms with E-state index in [1.54, 1.807) is 0 Å². The monoisotopic (exact) mass is 344 g/mol. The molecular formula is C19H24N2O4. The van der Waals surface area contributed by atoms with Gasteiger partial charge in [0.15, 0.2) is 0 Å². The molecule has 1 aromatic heterocycles. The molecule has 1 saturated heterocycles. The Morgan fingerprint density at radius 1 is 1.32 bits per heavy atom. The van der Waals surface area contributed by atoms with Crippen LogP contribution in [-0.4, -0.2) is 46.9 Å². The van der Waals surface area contributed by atoms with Crippen molar-refractivity contribution in [2.24, 2.45) is 0 Å². The number of amides is 1. The average molecular weight is 344 g/mol. The highest BCUT2D eigenvalue weighted by atomic mass is 16.5. The van der Waals surface area contributed by atoms with Gasteiger partial charge in [0, 0.05) is 18.5 Å². The van der Waals surface area contributed by atoms with Gasteiger partial charge < -0.3 is 19.3 Å². The summed E-state index contributed by atoms with van der Waals surface area (Å²) >= 11 is 0. The van der Waals surface area contributed by atoms with Crippen molar-refractivity contribution in [1.82, 2.24) is 10.1 Å². The fourth-order valence-electron chi connectivity index (χ4n) is 3.44. The second-order valence-electron chi connectivity index (χ2n) is 6.34. The zero-order valence-corrected chi connectivity index (χ0v) is 14.6. The first-order chi connectivity index (χ1) is 12.1. The molecule has 0 aliphatic carbocycles. The van der Waals surface area contributed by atoms with E-state index in [-0.39, 0.29) is 18.6 Å². The zero-order chi connectivity index (χ0) is 17.8. The van der Waals surface area contributed by atoms with Crippen molar-refractivity contribution in [2.45, 2.75) is 38.8 Å². The molecule has 1 aliphatic heterocycles. The van der Waals surface area contributed by atoms with Crippen LogP contribution in [0.2, 0.25) is 0 Å². The summed E-state index contributed by atoms with van der Waals surface area (Å²) in [5.74, 6) is 0.815. The number of aliphatic hydroxyl groups is 1. The van der Waals surface area contributed by atoms with Gasteiger partial charge in [-0.2, -0.15) is 0 Å². The summed E-state index contributed by atoms with van der Waals surface area (Å²) in [6, 6.07) is 9.48. The molecule has 134 valence electrons. The van der Waals surface area contributed by atoms with Crippen LogP contribution in [0.15, 0.2) is 34.9 Å². The molecule has 0 saturated carbocycles. The smallest absolute Gasteiger partial charge is 0.223 e. The van der Waals surface area contributed by atoms with Crippen molar-refractivity contribution in [3.63, 3.8) is 0 Å². The number of aliphatic hydroxyl groups excluding tert-OH is 1. The highest BCUT2D eigenvalue weighted by Gasteiger charge is 2.35. The minimum absolute atomic E-state index is 0.0515. The maximum Gasteiger partial charge on any atom is 0.223 e. The third-order valence-corrected chi connectivity index (χ3v) is 4.76. The van der Waals surface area contributed by atoms with Crippen LogP contribution in [0.1, 0.15) is 35.0 Å². The minimum atomic E-state index is -0.404. The number of benzene rings is 1. The Hall–Kier alpha value is -2.18. The Labute approximate surface area is 147 Å². The van der Waals surface area contributed by atoms with Gasteiger partial charge in [-0.25, -0.2) is 0 Å². The lowest BCUT2D eigenvalue weighted by Crippen LogP contribution is -2.49. The number of aryl methyl sites for hydroxylation is 2. The molecule has 0 radical (unpaired) electrons. The molecule has 0 spiro atoms. The molecule has 1 aliphatic rings. The topological polar surface area (TPSA) is 75.8 Å². The molecule has 2 aromatic rings. The third-order valence-electron chi connectivity index (χ3n) is 4.76. The number of aromatic nitrogens is 1. The van der Waals surface area contributed by atoms with Crippen LogP contribution in [0.3, 0.4) is 0 Å². The van der Waals surface area contributed by atoms with Gasteiger partial charge in [0.2, 0.25) is 5.91 Å². The molecule has 1 amide bonds. The summed E-state index contributed by atoms with van der Waals surface area (Å²) in [6.07, 6.45) is 0.576. The minimum Gasteiger partial charge on any atom is -0.394 e. The van der Waals surface area contributed by atoms with Crippen LogP contribution in [0.4, 0.5) is 0 Å². The van der Waals surface area contributed by atoms with Gasteiger partial charge >= 0.3 is 0 Å². The number of hydrogen-bond acceptors (Lipinski definition) is 5. The number of hydrogen-bond donors (Lipinski definition) is 1. The lowest BCUT2D eigenvalue weighted by molar-refractivity contribution is -0.149. The van der Waals surface area contributed by atoms with Crippen molar-refractivity contribution in [3.8, 4) is 0 Å². The van der Waals surface area contributed by atoms with Gasteiger partial charge in [-0.15, -0.1) is 0 Å². The second kappa shape index (κ2) is 7.80. The molecule has 0 unspecified atom stereocenters. The van der Waals surface area contributed by atoms with Gasteiger partial charge in [-0.05, 0) is 25.8 Å². The Morgan fingerprint density at radius 2 is 2.08 bits per heavy atom. The predicted octanol–water partition coefficient (Wildman–Crippen LogP) is 2.19. The number of ether oxygens (including phenoxy) is 1. The van der Waals surface area contributed by atoms with E-state index in [1.165, 1.54) is 0 Å². The summed E-state index contributed by atoms with van der Waals surface area (Å²) in [4.78, 5) is 14.7. The number of rotatable bonds is 5. The fourth-order valence-corrected chi connectivity index (χ4v) is 3.44. The Balaban J connectivity index is 1.77. The largest absolute Gasteiger partial charge is 0.394 e. The second-order valence-corrected chi connectivity index (χ2v) is 6.34. The van der Waals surface area contributed by atoms with Gasteiger partial charge in [0.1, 0.15) is 11.9 Å². The molecule has 1 N–H and O–H groups in total. The summed E-state index contributed by atoms with van der Waals surface area (Å²) in [6.45, 7) is 4.60. The van der Waals surface area contributed by atoms with Crippen molar-refractivity contribution in [2.75, 3.05) is 19.8 Å². The molecule has 0 bridgehead atoms. The Morgan fingerprint density at radius 3 is 2.72 bits per heavy atom. The molecule has 6 heteroatoms.